The van der Waals surface area contributed by atoms with Gasteiger partial charge in [0.15, 0.2) is 0 Å². The molecule has 1 atom stereocenters. The van der Waals surface area contributed by atoms with Crippen LogP contribution in [0.2, 0.25) is 0 Å². The summed E-state index contributed by atoms with van der Waals surface area (Å²) in [5.41, 5.74) is 7.55. The largest absolute Gasteiger partial charge is 0.328 e. The van der Waals surface area contributed by atoms with E-state index < -0.39 is 12.1 Å². The first kappa shape index (κ1) is 13.5. The van der Waals surface area contributed by atoms with Crippen LogP contribution in [-0.4, -0.2) is 29.4 Å². The van der Waals surface area contributed by atoms with Gasteiger partial charge in [-0.1, -0.05) is 17.7 Å². The van der Waals surface area contributed by atoms with Crippen LogP contribution < -0.4 is 11.1 Å². The van der Waals surface area contributed by atoms with Gasteiger partial charge in [0.05, 0.1) is 6.04 Å². The molecule has 0 aromatic heterocycles. The topological polar surface area (TPSA) is 75.4 Å². The first-order valence-corrected chi connectivity index (χ1v) is 6.52. The molecule has 3 N–H and O–H groups in total. The second-order valence-electron chi connectivity index (χ2n) is 4.89. The summed E-state index contributed by atoms with van der Waals surface area (Å²) in [4.78, 5) is 25.3. The molecule has 102 valence electrons. The van der Waals surface area contributed by atoms with E-state index in [-0.39, 0.29) is 5.91 Å². The molecule has 0 aliphatic carbocycles. The number of aryl methyl sites for hydroxylation is 1. The summed E-state index contributed by atoms with van der Waals surface area (Å²) in [6.07, 6.45) is 2.33. The molecular formula is C14H19N3O2. The highest BCUT2D eigenvalue weighted by atomic mass is 16.2. The first-order valence-electron chi connectivity index (χ1n) is 6.52. The lowest BCUT2D eigenvalue weighted by Gasteiger charge is -2.21. The van der Waals surface area contributed by atoms with E-state index in [1.165, 1.54) is 4.90 Å². The standard InChI is InChI=1S/C14H19N3O2/c1-10-5-7-11(8-6-10)16-14(19)17-9-3-2-4-12(15)13(17)18/h5-8,12H,2-4,9,15H2,1H3,(H,16,19)/t12-/m0/s1. The summed E-state index contributed by atoms with van der Waals surface area (Å²) in [6, 6.07) is 6.49. The maximum Gasteiger partial charge on any atom is 0.328 e. The number of anilines is 1. The van der Waals surface area contributed by atoms with Gasteiger partial charge in [0.1, 0.15) is 0 Å². The van der Waals surface area contributed by atoms with Crippen molar-refractivity contribution >= 4 is 17.6 Å². The van der Waals surface area contributed by atoms with E-state index in [9.17, 15) is 9.59 Å². The van der Waals surface area contributed by atoms with Crippen LogP contribution in [0.25, 0.3) is 0 Å². The van der Waals surface area contributed by atoms with Crippen molar-refractivity contribution in [3.63, 3.8) is 0 Å². The van der Waals surface area contributed by atoms with Gasteiger partial charge in [-0.3, -0.25) is 9.69 Å². The van der Waals surface area contributed by atoms with Gasteiger partial charge < -0.3 is 11.1 Å². The molecule has 1 heterocycles. The third-order valence-electron chi connectivity index (χ3n) is 3.28. The molecule has 0 radical (unpaired) electrons. The molecular weight excluding hydrogens is 242 g/mol. The molecule has 0 bridgehead atoms. The number of likely N-dealkylation sites (tertiary alicyclic amines) is 1. The summed E-state index contributed by atoms with van der Waals surface area (Å²) in [5.74, 6) is -0.290. The van der Waals surface area contributed by atoms with E-state index >= 15 is 0 Å². The van der Waals surface area contributed by atoms with E-state index in [0.717, 1.165) is 18.4 Å². The normalized spacial score (nSPS) is 20.0. The lowest BCUT2D eigenvalue weighted by Crippen LogP contribution is -2.47. The van der Waals surface area contributed by atoms with Crippen LogP contribution in [0.5, 0.6) is 0 Å². The van der Waals surface area contributed by atoms with Gasteiger partial charge in [0, 0.05) is 12.2 Å². The van der Waals surface area contributed by atoms with Crippen molar-refractivity contribution in [2.24, 2.45) is 5.73 Å². The van der Waals surface area contributed by atoms with Crippen molar-refractivity contribution in [3.8, 4) is 0 Å². The number of nitrogens with two attached hydrogens (primary N) is 1. The first-order chi connectivity index (χ1) is 9.08. The number of urea groups is 1. The Labute approximate surface area is 112 Å². The van der Waals surface area contributed by atoms with Crippen LogP contribution in [0.15, 0.2) is 24.3 Å². The number of hydrogen-bond acceptors (Lipinski definition) is 3. The van der Waals surface area contributed by atoms with Crippen LogP contribution in [0, 0.1) is 6.92 Å². The Morgan fingerprint density at radius 3 is 2.68 bits per heavy atom. The Morgan fingerprint density at radius 1 is 1.32 bits per heavy atom. The molecule has 19 heavy (non-hydrogen) atoms. The zero-order valence-electron chi connectivity index (χ0n) is 11.1. The van der Waals surface area contributed by atoms with Gasteiger partial charge >= 0.3 is 6.03 Å². The molecule has 1 fully saturated rings. The summed E-state index contributed by atoms with van der Waals surface area (Å²) in [7, 11) is 0. The van der Waals surface area contributed by atoms with Gasteiger partial charge in [-0.15, -0.1) is 0 Å². The van der Waals surface area contributed by atoms with Crippen molar-refractivity contribution in [3.05, 3.63) is 29.8 Å². The van der Waals surface area contributed by atoms with Crippen molar-refractivity contribution < 1.29 is 9.59 Å². The van der Waals surface area contributed by atoms with E-state index in [0.29, 0.717) is 18.7 Å². The third-order valence-corrected chi connectivity index (χ3v) is 3.28. The summed E-state index contributed by atoms with van der Waals surface area (Å²) in [6.45, 7) is 2.41. The summed E-state index contributed by atoms with van der Waals surface area (Å²) in [5, 5.41) is 2.73. The molecule has 3 amide bonds. The number of nitrogens with one attached hydrogen (secondary N) is 1. The van der Waals surface area contributed by atoms with Crippen LogP contribution in [0.1, 0.15) is 24.8 Å². The van der Waals surface area contributed by atoms with Crippen LogP contribution in [0.4, 0.5) is 10.5 Å². The Balaban J connectivity index is 2.05. The Hall–Kier alpha value is -1.88. The number of benzene rings is 1. The molecule has 2 rings (SSSR count). The SMILES string of the molecule is Cc1ccc(NC(=O)N2CCCC[C@H](N)C2=O)cc1. The molecule has 1 aromatic carbocycles. The average molecular weight is 261 g/mol. The van der Waals surface area contributed by atoms with Crippen LogP contribution >= 0.6 is 0 Å². The van der Waals surface area contributed by atoms with E-state index in [1.807, 2.05) is 31.2 Å². The molecule has 0 unspecified atom stereocenters. The highest BCUT2D eigenvalue weighted by molar-refractivity contribution is 6.02. The van der Waals surface area contributed by atoms with E-state index in [4.69, 9.17) is 5.73 Å². The number of imide groups is 1. The molecule has 1 aliphatic rings. The van der Waals surface area contributed by atoms with Crippen molar-refractivity contribution in [1.29, 1.82) is 0 Å². The zero-order chi connectivity index (χ0) is 13.8. The lowest BCUT2D eigenvalue weighted by molar-refractivity contribution is -0.128. The molecule has 0 saturated carbocycles. The number of carbonyl (C=O) groups excluding carboxylic acids is 2. The van der Waals surface area contributed by atoms with Gasteiger partial charge in [0.25, 0.3) is 0 Å². The molecule has 1 saturated heterocycles. The monoisotopic (exact) mass is 261 g/mol. The number of nitrogens with zero attached hydrogens (tertiary/aromatic N) is 1. The van der Waals surface area contributed by atoms with Gasteiger partial charge in [0.2, 0.25) is 5.91 Å². The minimum atomic E-state index is -0.564. The molecule has 5 nitrogen and oxygen atoms in total. The van der Waals surface area contributed by atoms with E-state index in [2.05, 4.69) is 5.32 Å². The van der Waals surface area contributed by atoms with Crippen molar-refractivity contribution in [2.75, 3.05) is 11.9 Å². The average Bonchev–Trinajstić information content (AvgIpc) is 2.55. The van der Waals surface area contributed by atoms with Gasteiger partial charge in [-0.2, -0.15) is 0 Å². The Bertz CT molecular complexity index is 470. The van der Waals surface area contributed by atoms with Gasteiger partial charge in [-0.05, 0) is 38.3 Å². The zero-order valence-corrected chi connectivity index (χ0v) is 11.1. The van der Waals surface area contributed by atoms with Gasteiger partial charge in [-0.25, -0.2) is 4.79 Å². The minimum Gasteiger partial charge on any atom is -0.320 e. The molecule has 1 aliphatic heterocycles. The predicted octanol–water partition coefficient (Wildman–Crippen LogP) is 1.87. The molecule has 0 spiro atoms. The minimum absolute atomic E-state index is 0.290. The predicted molar refractivity (Wildman–Crippen MR) is 73.7 cm³/mol. The molecule has 5 heteroatoms. The lowest BCUT2D eigenvalue weighted by atomic mass is 10.1. The highest BCUT2D eigenvalue weighted by Gasteiger charge is 2.28. The Morgan fingerprint density at radius 2 is 2.00 bits per heavy atom. The number of amides is 3. The highest BCUT2D eigenvalue weighted by Crippen LogP contribution is 2.14. The fourth-order valence-corrected chi connectivity index (χ4v) is 2.10. The number of carbonyl (C=O) groups is 2. The Kier molecular flexibility index (Phi) is 4.16. The van der Waals surface area contributed by atoms with E-state index in [1.54, 1.807) is 0 Å². The smallest absolute Gasteiger partial charge is 0.320 e. The number of rotatable bonds is 1. The fourth-order valence-electron chi connectivity index (χ4n) is 2.10. The van der Waals surface area contributed by atoms with Crippen LogP contribution in [0.3, 0.4) is 0 Å². The second-order valence-corrected chi connectivity index (χ2v) is 4.89. The third kappa shape index (κ3) is 3.32. The maximum absolute atomic E-state index is 12.1. The summed E-state index contributed by atoms with van der Waals surface area (Å²) < 4.78 is 0. The number of hydrogen-bond donors (Lipinski definition) is 2. The van der Waals surface area contributed by atoms with Crippen LogP contribution in [-0.2, 0) is 4.79 Å². The fraction of sp³-hybridized carbons (Fsp3) is 0.429. The van der Waals surface area contributed by atoms with Crippen molar-refractivity contribution in [2.45, 2.75) is 32.2 Å². The van der Waals surface area contributed by atoms with Crippen molar-refractivity contribution in [1.82, 2.24) is 4.90 Å². The quantitative estimate of drug-likeness (QED) is 0.810. The summed E-state index contributed by atoms with van der Waals surface area (Å²) >= 11 is 0. The maximum atomic E-state index is 12.1. The second kappa shape index (κ2) is 5.84. The molecule has 1 aromatic rings.